The maximum Gasteiger partial charge on any atom is 0.151 e. The normalized spacial score (nSPS) is 10.8. The maximum atomic E-state index is 10.3. The van der Waals surface area contributed by atoms with Gasteiger partial charge in [-0.05, 0) is 80.3 Å². The summed E-state index contributed by atoms with van der Waals surface area (Å²) >= 11 is 0. The van der Waals surface area contributed by atoms with Gasteiger partial charge in [-0.3, -0.25) is 0 Å². The first kappa shape index (κ1) is 22.1. The summed E-state index contributed by atoms with van der Waals surface area (Å²) in [5.41, 5.74) is 5.96. The zero-order chi connectivity index (χ0) is 23.7. The number of anilines is 3. The minimum absolute atomic E-state index is 0.134. The SMILES string of the molecule is Cc1ccc(O)cc1N(c1cc(O)ccc1C)c1ccccc1Oc1cc(O)cc(C)c1C. The number of benzene rings is 4. The van der Waals surface area contributed by atoms with Gasteiger partial charge in [0, 0.05) is 18.2 Å². The zero-order valence-electron chi connectivity index (χ0n) is 19.1. The van der Waals surface area contributed by atoms with Crippen molar-refractivity contribution in [3.8, 4) is 28.7 Å². The molecule has 0 aromatic heterocycles. The second kappa shape index (κ2) is 8.79. The van der Waals surface area contributed by atoms with E-state index in [4.69, 9.17) is 4.74 Å². The fourth-order valence-electron chi connectivity index (χ4n) is 3.83. The smallest absolute Gasteiger partial charge is 0.151 e. The largest absolute Gasteiger partial charge is 0.508 e. The monoisotopic (exact) mass is 441 g/mol. The highest BCUT2D eigenvalue weighted by Gasteiger charge is 2.22. The van der Waals surface area contributed by atoms with Gasteiger partial charge < -0.3 is 25.0 Å². The van der Waals surface area contributed by atoms with Gasteiger partial charge in [0.15, 0.2) is 5.75 Å². The Morgan fingerprint density at radius 3 is 1.73 bits per heavy atom. The predicted octanol–water partition coefficient (Wildman–Crippen LogP) is 7.30. The molecule has 0 fully saturated rings. The van der Waals surface area contributed by atoms with Crippen LogP contribution in [0.3, 0.4) is 0 Å². The van der Waals surface area contributed by atoms with Crippen molar-refractivity contribution in [2.24, 2.45) is 0 Å². The number of ether oxygens (including phenoxy) is 1. The van der Waals surface area contributed by atoms with E-state index < -0.39 is 0 Å². The number of aromatic hydroxyl groups is 3. The van der Waals surface area contributed by atoms with Crippen LogP contribution in [0.2, 0.25) is 0 Å². The van der Waals surface area contributed by atoms with Crippen LogP contribution in [-0.4, -0.2) is 15.3 Å². The van der Waals surface area contributed by atoms with E-state index in [-0.39, 0.29) is 17.2 Å². The van der Waals surface area contributed by atoms with Gasteiger partial charge in [-0.1, -0.05) is 24.3 Å². The van der Waals surface area contributed by atoms with E-state index >= 15 is 0 Å². The van der Waals surface area contributed by atoms with Crippen molar-refractivity contribution in [2.75, 3.05) is 4.90 Å². The summed E-state index contributed by atoms with van der Waals surface area (Å²) in [6.45, 7) is 7.80. The minimum Gasteiger partial charge on any atom is -0.508 e. The summed E-state index contributed by atoms with van der Waals surface area (Å²) in [6.07, 6.45) is 0. The van der Waals surface area contributed by atoms with Gasteiger partial charge in [0.05, 0.1) is 17.1 Å². The van der Waals surface area contributed by atoms with Crippen LogP contribution >= 0.6 is 0 Å². The average molecular weight is 442 g/mol. The molecule has 4 aromatic carbocycles. The van der Waals surface area contributed by atoms with Gasteiger partial charge >= 0.3 is 0 Å². The Hall–Kier alpha value is -4.12. The Labute approximate surface area is 193 Å². The number of phenols is 3. The molecule has 0 aliphatic carbocycles. The van der Waals surface area contributed by atoms with Gasteiger partial charge in [-0.2, -0.15) is 0 Å². The van der Waals surface area contributed by atoms with Gasteiger partial charge in [0.2, 0.25) is 0 Å². The molecule has 0 heterocycles. The van der Waals surface area contributed by atoms with Crippen molar-refractivity contribution < 1.29 is 20.1 Å². The number of hydrogen-bond donors (Lipinski definition) is 3. The van der Waals surface area contributed by atoms with Crippen LogP contribution in [-0.2, 0) is 0 Å². The van der Waals surface area contributed by atoms with E-state index in [2.05, 4.69) is 0 Å². The molecule has 0 unspecified atom stereocenters. The number of rotatable bonds is 5. The number of hydrogen-bond acceptors (Lipinski definition) is 5. The molecule has 0 amide bonds. The molecule has 5 nitrogen and oxygen atoms in total. The molecule has 0 aliphatic rings. The average Bonchev–Trinajstić information content (AvgIpc) is 2.77. The zero-order valence-corrected chi connectivity index (χ0v) is 19.1. The van der Waals surface area contributed by atoms with E-state index in [0.29, 0.717) is 11.5 Å². The Balaban J connectivity index is 1.95. The first-order chi connectivity index (χ1) is 15.7. The fraction of sp³-hybridized carbons (Fsp3) is 0.143. The van der Waals surface area contributed by atoms with Crippen molar-refractivity contribution in [3.05, 3.63) is 95.1 Å². The van der Waals surface area contributed by atoms with Crippen molar-refractivity contribution >= 4 is 17.1 Å². The highest BCUT2D eigenvalue weighted by molar-refractivity contribution is 5.84. The van der Waals surface area contributed by atoms with Crippen LogP contribution in [0.4, 0.5) is 17.1 Å². The molecule has 0 saturated heterocycles. The van der Waals surface area contributed by atoms with E-state index in [1.807, 2.05) is 69.0 Å². The van der Waals surface area contributed by atoms with Gasteiger partial charge in [-0.25, -0.2) is 0 Å². The molecule has 4 aromatic rings. The van der Waals surface area contributed by atoms with Crippen LogP contribution in [0.25, 0.3) is 0 Å². The summed E-state index contributed by atoms with van der Waals surface area (Å²) in [6, 6.07) is 21.3. The third kappa shape index (κ3) is 4.44. The summed E-state index contributed by atoms with van der Waals surface area (Å²) in [4.78, 5) is 1.96. The molecule has 0 aliphatic heterocycles. The molecule has 0 atom stereocenters. The first-order valence-corrected chi connectivity index (χ1v) is 10.7. The Kier molecular flexibility index (Phi) is 5.88. The minimum atomic E-state index is 0.134. The van der Waals surface area contributed by atoms with Crippen LogP contribution < -0.4 is 9.64 Å². The number of phenolic OH excluding ortho intramolecular Hbond substituents is 3. The summed E-state index contributed by atoms with van der Waals surface area (Å²) in [7, 11) is 0. The second-order valence-electron chi connectivity index (χ2n) is 8.23. The molecule has 5 heteroatoms. The quantitative estimate of drug-likeness (QED) is 0.303. The summed E-state index contributed by atoms with van der Waals surface area (Å²) < 4.78 is 6.34. The topological polar surface area (TPSA) is 73.2 Å². The Bertz CT molecular complexity index is 1280. The maximum absolute atomic E-state index is 10.3. The molecular weight excluding hydrogens is 414 g/mol. The third-order valence-corrected chi connectivity index (χ3v) is 5.80. The Morgan fingerprint density at radius 1 is 0.545 bits per heavy atom. The molecule has 0 saturated carbocycles. The molecule has 0 spiro atoms. The molecule has 168 valence electrons. The van der Waals surface area contributed by atoms with Crippen molar-refractivity contribution in [2.45, 2.75) is 27.7 Å². The lowest BCUT2D eigenvalue weighted by molar-refractivity contribution is 0.452. The molecule has 33 heavy (non-hydrogen) atoms. The summed E-state index contributed by atoms with van der Waals surface area (Å²) in [5, 5.41) is 30.7. The molecule has 0 bridgehead atoms. The first-order valence-electron chi connectivity index (χ1n) is 10.7. The van der Waals surface area contributed by atoms with E-state index in [1.165, 1.54) is 0 Å². The van der Waals surface area contributed by atoms with Crippen LogP contribution in [0.5, 0.6) is 28.7 Å². The fourth-order valence-corrected chi connectivity index (χ4v) is 3.83. The standard InChI is InChI=1S/C28H27NO4/c1-17-9-11-21(30)14-25(17)29(26-15-22(31)12-10-18(26)2)24-7-5-6-8-27(24)33-28-16-23(32)13-19(3)20(28)4/h5-16,30-32H,1-4H3. The lowest BCUT2D eigenvalue weighted by Gasteiger charge is -2.30. The molecule has 0 radical (unpaired) electrons. The number of para-hydroxylation sites is 2. The molecule has 3 N–H and O–H groups in total. The third-order valence-electron chi connectivity index (χ3n) is 5.80. The molecule has 4 rings (SSSR count). The van der Waals surface area contributed by atoms with Crippen molar-refractivity contribution in [1.29, 1.82) is 0 Å². The van der Waals surface area contributed by atoms with Gasteiger partial charge in [0.25, 0.3) is 0 Å². The Morgan fingerprint density at radius 2 is 1.12 bits per heavy atom. The van der Waals surface area contributed by atoms with E-state index in [0.717, 1.165) is 39.3 Å². The highest BCUT2D eigenvalue weighted by atomic mass is 16.5. The van der Waals surface area contributed by atoms with Gasteiger partial charge in [0.1, 0.15) is 23.0 Å². The number of aryl methyl sites for hydroxylation is 3. The second-order valence-corrected chi connectivity index (χ2v) is 8.23. The lowest BCUT2D eigenvalue weighted by Crippen LogP contribution is -2.13. The van der Waals surface area contributed by atoms with E-state index in [9.17, 15) is 15.3 Å². The predicted molar refractivity (Wildman–Crippen MR) is 132 cm³/mol. The highest BCUT2D eigenvalue weighted by Crippen LogP contribution is 2.46. The van der Waals surface area contributed by atoms with Crippen LogP contribution in [0.1, 0.15) is 22.3 Å². The van der Waals surface area contributed by atoms with Crippen molar-refractivity contribution in [1.82, 2.24) is 0 Å². The lowest BCUT2D eigenvalue weighted by atomic mass is 10.1. The number of nitrogens with zero attached hydrogens (tertiary/aromatic N) is 1. The molecular formula is C28H27NO4. The van der Waals surface area contributed by atoms with Gasteiger partial charge in [-0.15, -0.1) is 0 Å². The summed E-state index contributed by atoms with van der Waals surface area (Å²) in [5.74, 6) is 1.53. The van der Waals surface area contributed by atoms with Crippen LogP contribution in [0, 0.1) is 27.7 Å². The van der Waals surface area contributed by atoms with Crippen LogP contribution in [0.15, 0.2) is 72.8 Å². The van der Waals surface area contributed by atoms with Crippen molar-refractivity contribution in [3.63, 3.8) is 0 Å². The van der Waals surface area contributed by atoms with E-state index in [1.54, 1.807) is 36.4 Å².